The Balaban J connectivity index is 1.31. The summed E-state index contributed by atoms with van der Waals surface area (Å²) in [5.41, 5.74) is 0. The first-order chi connectivity index (χ1) is 10.4. The molecular formula is C17H32N2O2. The van der Waals surface area contributed by atoms with Gasteiger partial charge >= 0.3 is 0 Å². The van der Waals surface area contributed by atoms with Crippen molar-refractivity contribution in [3.63, 3.8) is 0 Å². The van der Waals surface area contributed by atoms with Crippen LogP contribution < -0.4 is 0 Å². The number of nitrogens with zero attached hydrogens (tertiary/aromatic N) is 2. The van der Waals surface area contributed by atoms with Crippen molar-refractivity contribution in [1.29, 1.82) is 0 Å². The van der Waals surface area contributed by atoms with E-state index in [0.29, 0.717) is 6.10 Å². The second-order valence-corrected chi connectivity index (χ2v) is 6.90. The minimum absolute atomic E-state index is 0.368. The molecule has 122 valence electrons. The predicted molar refractivity (Wildman–Crippen MR) is 84.7 cm³/mol. The van der Waals surface area contributed by atoms with Crippen LogP contribution >= 0.6 is 0 Å². The molecule has 4 heteroatoms. The Hall–Kier alpha value is -0.160. The monoisotopic (exact) mass is 296 g/mol. The summed E-state index contributed by atoms with van der Waals surface area (Å²) >= 11 is 0. The van der Waals surface area contributed by atoms with Crippen LogP contribution in [0.4, 0.5) is 0 Å². The van der Waals surface area contributed by atoms with Gasteiger partial charge < -0.3 is 9.47 Å². The van der Waals surface area contributed by atoms with Gasteiger partial charge in [-0.2, -0.15) is 0 Å². The Bertz CT molecular complexity index is 289. The van der Waals surface area contributed by atoms with E-state index in [1.165, 1.54) is 71.1 Å². The number of likely N-dealkylation sites (tertiary alicyclic amines) is 2. The second kappa shape index (κ2) is 8.47. The quantitative estimate of drug-likeness (QED) is 0.701. The van der Waals surface area contributed by atoms with Crippen molar-refractivity contribution in [3.05, 3.63) is 0 Å². The van der Waals surface area contributed by atoms with Crippen LogP contribution in [0.1, 0.15) is 44.9 Å². The lowest BCUT2D eigenvalue weighted by atomic mass is 10.0. The zero-order chi connectivity index (χ0) is 14.3. The SMILES string of the molecule is C1CCN([C@@H]2CCCN(CCOC[C@@H]3CCCO3)C2)CC1. The van der Waals surface area contributed by atoms with E-state index in [0.717, 1.165) is 32.4 Å². The highest BCUT2D eigenvalue weighted by Gasteiger charge is 2.26. The summed E-state index contributed by atoms with van der Waals surface area (Å²) in [6.07, 6.45) is 9.75. The van der Waals surface area contributed by atoms with E-state index in [-0.39, 0.29) is 0 Å². The lowest BCUT2D eigenvalue weighted by Gasteiger charge is -2.41. The zero-order valence-corrected chi connectivity index (χ0v) is 13.5. The van der Waals surface area contributed by atoms with Crippen LogP contribution in [0.25, 0.3) is 0 Å². The molecule has 0 saturated carbocycles. The van der Waals surface area contributed by atoms with E-state index in [2.05, 4.69) is 9.80 Å². The van der Waals surface area contributed by atoms with Gasteiger partial charge in [0, 0.05) is 25.7 Å². The molecule has 0 aromatic carbocycles. The third kappa shape index (κ3) is 4.92. The van der Waals surface area contributed by atoms with Gasteiger partial charge in [0.2, 0.25) is 0 Å². The van der Waals surface area contributed by atoms with Crippen LogP contribution in [-0.2, 0) is 9.47 Å². The van der Waals surface area contributed by atoms with E-state index in [1.54, 1.807) is 0 Å². The normalized spacial score (nSPS) is 32.6. The molecule has 0 radical (unpaired) electrons. The molecule has 3 saturated heterocycles. The van der Waals surface area contributed by atoms with E-state index in [1.807, 2.05) is 0 Å². The topological polar surface area (TPSA) is 24.9 Å². The molecule has 0 unspecified atom stereocenters. The third-order valence-electron chi connectivity index (χ3n) is 5.27. The largest absolute Gasteiger partial charge is 0.377 e. The number of hydrogen-bond donors (Lipinski definition) is 0. The minimum Gasteiger partial charge on any atom is -0.377 e. The van der Waals surface area contributed by atoms with Gasteiger partial charge in [-0.05, 0) is 58.2 Å². The molecule has 0 spiro atoms. The molecule has 0 bridgehead atoms. The Morgan fingerprint density at radius 3 is 2.67 bits per heavy atom. The van der Waals surface area contributed by atoms with Crippen molar-refractivity contribution < 1.29 is 9.47 Å². The molecular weight excluding hydrogens is 264 g/mol. The van der Waals surface area contributed by atoms with Gasteiger partial charge in [0.05, 0.1) is 19.3 Å². The number of hydrogen-bond acceptors (Lipinski definition) is 4. The smallest absolute Gasteiger partial charge is 0.0809 e. The summed E-state index contributed by atoms with van der Waals surface area (Å²) in [5.74, 6) is 0. The van der Waals surface area contributed by atoms with Crippen molar-refractivity contribution in [2.75, 3.05) is 52.5 Å². The first kappa shape index (κ1) is 15.7. The van der Waals surface area contributed by atoms with Gasteiger partial charge in [-0.3, -0.25) is 9.80 Å². The first-order valence-corrected chi connectivity index (χ1v) is 9.07. The van der Waals surface area contributed by atoms with Gasteiger partial charge in [0.25, 0.3) is 0 Å². The maximum atomic E-state index is 5.82. The molecule has 0 aliphatic carbocycles. The van der Waals surface area contributed by atoms with E-state index in [9.17, 15) is 0 Å². The highest BCUT2D eigenvalue weighted by atomic mass is 16.5. The Kier molecular flexibility index (Phi) is 6.34. The van der Waals surface area contributed by atoms with E-state index in [4.69, 9.17) is 9.47 Å². The summed E-state index contributed by atoms with van der Waals surface area (Å²) in [6.45, 7) is 8.85. The highest BCUT2D eigenvalue weighted by molar-refractivity contribution is 4.82. The molecule has 0 aromatic rings. The summed E-state index contributed by atoms with van der Waals surface area (Å²) < 4.78 is 11.4. The van der Waals surface area contributed by atoms with Crippen molar-refractivity contribution in [3.8, 4) is 0 Å². The fraction of sp³-hybridized carbons (Fsp3) is 1.00. The molecule has 3 heterocycles. The molecule has 3 aliphatic rings. The van der Waals surface area contributed by atoms with Crippen LogP contribution in [0.15, 0.2) is 0 Å². The van der Waals surface area contributed by atoms with Crippen molar-refractivity contribution >= 4 is 0 Å². The molecule has 3 aliphatic heterocycles. The second-order valence-electron chi connectivity index (χ2n) is 6.90. The van der Waals surface area contributed by atoms with Gasteiger partial charge in [0.15, 0.2) is 0 Å². The highest BCUT2D eigenvalue weighted by Crippen LogP contribution is 2.20. The molecule has 2 atom stereocenters. The zero-order valence-electron chi connectivity index (χ0n) is 13.5. The number of piperidine rings is 2. The fourth-order valence-electron chi connectivity index (χ4n) is 4.00. The van der Waals surface area contributed by atoms with Crippen molar-refractivity contribution in [2.45, 2.75) is 57.1 Å². The Morgan fingerprint density at radius 2 is 1.86 bits per heavy atom. The average molecular weight is 296 g/mol. The first-order valence-electron chi connectivity index (χ1n) is 9.07. The van der Waals surface area contributed by atoms with Gasteiger partial charge in [0.1, 0.15) is 0 Å². The van der Waals surface area contributed by atoms with Crippen LogP contribution in [0.3, 0.4) is 0 Å². The summed E-state index contributed by atoms with van der Waals surface area (Å²) in [7, 11) is 0. The molecule has 4 nitrogen and oxygen atoms in total. The third-order valence-corrected chi connectivity index (χ3v) is 5.27. The average Bonchev–Trinajstić information content (AvgIpc) is 3.06. The van der Waals surface area contributed by atoms with Gasteiger partial charge in [-0.1, -0.05) is 6.42 Å². The van der Waals surface area contributed by atoms with Crippen molar-refractivity contribution in [2.24, 2.45) is 0 Å². The maximum absolute atomic E-state index is 5.82. The van der Waals surface area contributed by atoms with E-state index < -0.39 is 0 Å². The summed E-state index contributed by atoms with van der Waals surface area (Å²) in [6, 6.07) is 0.803. The lowest BCUT2D eigenvalue weighted by molar-refractivity contribution is 0.00380. The molecule has 0 N–H and O–H groups in total. The summed E-state index contributed by atoms with van der Waals surface area (Å²) in [5, 5.41) is 0. The van der Waals surface area contributed by atoms with Crippen LogP contribution in [0.2, 0.25) is 0 Å². The van der Waals surface area contributed by atoms with Crippen molar-refractivity contribution in [1.82, 2.24) is 9.80 Å². The van der Waals surface area contributed by atoms with E-state index >= 15 is 0 Å². The molecule has 3 fully saturated rings. The Morgan fingerprint density at radius 1 is 0.952 bits per heavy atom. The van der Waals surface area contributed by atoms with Crippen LogP contribution in [-0.4, -0.2) is 74.5 Å². The molecule has 0 amide bonds. The van der Waals surface area contributed by atoms with Crippen LogP contribution in [0, 0.1) is 0 Å². The lowest BCUT2D eigenvalue weighted by Crippen LogP contribution is -2.50. The molecule has 21 heavy (non-hydrogen) atoms. The van der Waals surface area contributed by atoms with Gasteiger partial charge in [-0.15, -0.1) is 0 Å². The number of rotatable bonds is 6. The van der Waals surface area contributed by atoms with Crippen LogP contribution in [0.5, 0.6) is 0 Å². The molecule has 3 rings (SSSR count). The standard InChI is InChI=1S/C17H32N2O2/c1-2-9-19(10-3-1)16-6-4-8-18(14-16)11-13-20-15-17-7-5-12-21-17/h16-17H,1-15H2/t16-,17+/m1/s1. The fourth-order valence-corrected chi connectivity index (χ4v) is 4.00. The molecule has 0 aromatic heterocycles. The van der Waals surface area contributed by atoms with Gasteiger partial charge in [-0.25, -0.2) is 0 Å². The number of ether oxygens (including phenoxy) is 2. The minimum atomic E-state index is 0.368. The predicted octanol–water partition coefficient (Wildman–Crippen LogP) is 2.13. The Labute approximate surface area is 129 Å². The maximum Gasteiger partial charge on any atom is 0.0809 e. The summed E-state index contributed by atoms with van der Waals surface area (Å²) in [4.78, 5) is 5.35.